The van der Waals surface area contributed by atoms with E-state index in [9.17, 15) is 29.1 Å². The highest BCUT2D eigenvalue weighted by molar-refractivity contribution is 7.09. The summed E-state index contributed by atoms with van der Waals surface area (Å²) in [4.78, 5) is 87.2. The van der Waals surface area contributed by atoms with Gasteiger partial charge in [0.15, 0.2) is 17.2 Å². The molecule has 2 aliphatic rings. The molecule has 1 saturated heterocycles. The van der Waals surface area contributed by atoms with Crippen molar-refractivity contribution in [2.24, 2.45) is 17.3 Å². The molecular formula is C56H63F2N9O7S. The number of carbonyl (C=O) groups excluding carboxylic acids is 4. The van der Waals surface area contributed by atoms with Crippen molar-refractivity contribution in [2.45, 2.75) is 105 Å². The molecule has 0 spiro atoms. The molecule has 1 saturated carbocycles. The lowest BCUT2D eigenvalue weighted by atomic mass is 9.77. The standard InChI is InChI=1S/C56H63F2N9O7S/c1-10-44(70)65-21-22-66(33(6)29-65)52-39-26-41(58)47(63-53(39)67(55(73)64-52)48-31(4)18-20-59-46(48)30(2)3)45-40(57)12-11-13-42(45)74-23-19-43(69)62-51(56(7,8)9)49(71)37-24-36(68)25-38(37)54(72)60-28-34-14-16-35(17-15-34)50-32(5)27-61-75-50/h10-18,20,26-27,30,33,36-38,51,68H,1,19,21-25,28-29H2,2-9H3,(H,60,72)(H,62,69)/t33-,36-,37?,38+,51+/m0/s1. The van der Waals surface area contributed by atoms with E-state index < -0.39 is 58.3 Å². The van der Waals surface area contributed by atoms with Gasteiger partial charge in [0.1, 0.15) is 23.1 Å². The Balaban J connectivity index is 1.02. The first-order valence-electron chi connectivity index (χ1n) is 25.1. The number of pyridine rings is 2. The Morgan fingerprint density at radius 1 is 0.987 bits per heavy atom. The molecule has 5 atom stereocenters. The Hall–Kier alpha value is -7.25. The third-order valence-corrected chi connectivity index (χ3v) is 15.0. The molecule has 0 radical (unpaired) electrons. The average molecular weight is 1040 g/mol. The Bertz CT molecular complexity index is 3230. The minimum atomic E-state index is -1.06. The zero-order valence-electron chi connectivity index (χ0n) is 43.4. The molecule has 16 nitrogen and oxygen atoms in total. The number of amides is 3. The van der Waals surface area contributed by atoms with Gasteiger partial charge in [0.2, 0.25) is 17.7 Å². The second-order valence-electron chi connectivity index (χ2n) is 20.9. The molecule has 3 amide bonds. The van der Waals surface area contributed by atoms with Gasteiger partial charge in [-0.2, -0.15) is 4.98 Å². The molecule has 394 valence electrons. The van der Waals surface area contributed by atoms with E-state index in [1.54, 1.807) is 44.9 Å². The van der Waals surface area contributed by atoms with Crippen LogP contribution in [-0.4, -0.2) is 102 Å². The molecule has 3 N–H and O–H groups in total. The molecule has 0 bridgehead atoms. The van der Waals surface area contributed by atoms with Crippen molar-refractivity contribution in [1.82, 2.24) is 39.4 Å². The number of nitrogens with zero attached hydrogens (tertiary/aromatic N) is 7. The molecular weight excluding hydrogens is 981 g/mol. The zero-order chi connectivity index (χ0) is 54.0. The highest BCUT2D eigenvalue weighted by atomic mass is 32.1. The SMILES string of the molecule is C=CC(=O)N1CCN(c2nc(=O)n(-c3c(C)ccnc3C(C)C)c3nc(-c4c(F)cccc4OCCC(=O)N[C@H](C(=O)C4C[C@H](O)C[C@H]4C(=O)NCc4ccc(-c5sncc5C)cc4)C(C)(C)C)c(F)cc23)[C@@H](C)C1. The smallest absolute Gasteiger partial charge is 0.355 e. The molecule has 1 aliphatic carbocycles. The Kier molecular flexibility index (Phi) is 16.1. The molecule has 1 unspecified atom stereocenters. The number of ketones is 1. The van der Waals surface area contributed by atoms with Crippen LogP contribution in [0, 0.1) is 42.7 Å². The number of aliphatic hydroxyl groups excluding tert-OH is 1. The maximum Gasteiger partial charge on any atom is 0.355 e. The van der Waals surface area contributed by atoms with Gasteiger partial charge in [-0.3, -0.25) is 24.2 Å². The first-order chi connectivity index (χ1) is 35.7. The molecule has 19 heteroatoms. The number of fused-ring (bicyclic) bond motifs is 1. The third-order valence-electron chi connectivity index (χ3n) is 14.0. The van der Waals surface area contributed by atoms with Crippen molar-refractivity contribution in [3.05, 3.63) is 124 Å². The van der Waals surface area contributed by atoms with E-state index in [0.717, 1.165) is 27.6 Å². The van der Waals surface area contributed by atoms with E-state index in [0.29, 0.717) is 16.9 Å². The van der Waals surface area contributed by atoms with Gasteiger partial charge in [0, 0.05) is 50.5 Å². The number of hydrogen-bond acceptors (Lipinski definition) is 13. The summed E-state index contributed by atoms with van der Waals surface area (Å²) in [5.74, 6) is -5.30. The maximum atomic E-state index is 16.9. The van der Waals surface area contributed by atoms with Gasteiger partial charge in [-0.05, 0) is 109 Å². The van der Waals surface area contributed by atoms with Crippen LogP contribution in [0.1, 0.15) is 89.1 Å². The third kappa shape index (κ3) is 11.4. The molecule has 1 aliphatic heterocycles. The average Bonchev–Trinajstić information content (AvgIpc) is 4.00. The number of aliphatic hydroxyl groups is 1. The minimum absolute atomic E-state index is 0.0231. The lowest BCUT2D eigenvalue weighted by Crippen LogP contribution is -2.54. The van der Waals surface area contributed by atoms with Crippen LogP contribution in [0.2, 0.25) is 0 Å². The summed E-state index contributed by atoms with van der Waals surface area (Å²) in [5, 5.41) is 16.7. The Morgan fingerprint density at radius 2 is 1.72 bits per heavy atom. The molecule has 6 aromatic rings. The zero-order valence-corrected chi connectivity index (χ0v) is 44.3. The van der Waals surface area contributed by atoms with E-state index in [4.69, 9.17) is 9.72 Å². The summed E-state index contributed by atoms with van der Waals surface area (Å²) >= 11 is 1.41. The maximum absolute atomic E-state index is 16.9. The highest BCUT2D eigenvalue weighted by Gasteiger charge is 2.47. The topological polar surface area (TPSA) is 202 Å². The fraction of sp³-hybridized carbons (Fsp3) is 0.411. The summed E-state index contributed by atoms with van der Waals surface area (Å²) in [6.45, 7) is 19.2. The number of benzene rings is 2. The number of carbonyl (C=O) groups is 4. The minimum Gasteiger partial charge on any atom is -0.492 e. The van der Waals surface area contributed by atoms with Crippen molar-refractivity contribution >= 4 is 51.9 Å². The first-order valence-corrected chi connectivity index (χ1v) is 25.9. The molecule has 4 aromatic heterocycles. The predicted molar refractivity (Wildman–Crippen MR) is 284 cm³/mol. The second kappa shape index (κ2) is 22.3. The summed E-state index contributed by atoms with van der Waals surface area (Å²) in [6.07, 6.45) is 3.61. The van der Waals surface area contributed by atoms with Crippen LogP contribution in [0.5, 0.6) is 5.75 Å². The van der Waals surface area contributed by atoms with Gasteiger partial charge in [-0.15, -0.1) is 0 Å². The van der Waals surface area contributed by atoms with Gasteiger partial charge in [-0.1, -0.05) is 71.5 Å². The number of aryl methyl sites for hydroxylation is 2. The lowest BCUT2D eigenvalue weighted by molar-refractivity contribution is -0.137. The van der Waals surface area contributed by atoms with E-state index in [1.807, 2.05) is 63.1 Å². The number of hydrogen-bond donors (Lipinski definition) is 3. The molecule has 5 heterocycles. The molecule has 2 aromatic carbocycles. The number of rotatable bonds is 16. The van der Waals surface area contributed by atoms with Crippen LogP contribution in [0.25, 0.3) is 38.4 Å². The van der Waals surface area contributed by atoms with Gasteiger partial charge in [0.25, 0.3) is 0 Å². The second-order valence-corrected chi connectivity index (χ2v) is 21.7. The summed E-state index contributed by atoms with van der Waals surface area (Å²) < 4.78 is 44.7. The van der Waals surface area contributed by atoms with Crippen LogP contribution < -0.4 is 26.0 Å². The predicted octanol–water partition coefficient (Wildman–Crippen LogP) is 7.78. The van der Waals surface area contributed by atoms with Gasteiger partial charge >= 0.3 is 5.69 Å². The van der Waals surface area contributed by atoms with Gasteiger partial charge < -0.3 is 30.3 Å². The fourth-order valence-electron chi connectivity index (χ4n) is 10.1. The Labute approximate surface area is 438 Å². The van der Waals surface area contributed by atoms with Crippen LogP contribution in [0.4, 0.5) is 14.6 Å². The van der Waals surface area contributed by atoms with Crippen LogP contribution in [0.15, 0.2) is 84.4 Å². The highest BCUT2D eigenvalue weighted by Crippen LogP contribution is 2.39. The number of aromatic nitrogens is 5. The summed E-state index contributed by atoms with van der Waals surface area (Å²) in [6, 6.07) is 13.2. The molecule has 75 heavy (non-hydrogen) atoms. The Morgan fingerprint density at radius 3 is 2.39 bits per heavy atom. The van der Waals surface area contributed by atoms with E-state index in [2.05, 4.69) is 31.6 Å². The number of ether oxygens (including phenoxy) is 1. The number of anilines is 1. The number of halogens is 2. The largest absolute Gasteiger partial charge is 0.492 e. The monoisotopic (exact) mass is 1040 g/mol. The number of nitrogens with one attached hydrogen (secondary N) is 2. The summed E-state index contributed by atoms with van der Waals surface area (Å²) in [5.41, 5.74) is 2.16. The van der Waals surface area contributed by atoms with E-state index in [1.165, 1.54) is 40.4 Å². The van der Waals surface area contributed by atoms with E-state index in [-0.39, 0.29) is 110 Å². The van der Waals surface area contributed by atoms with Crippen LogP contribution in [0.3, 0.4) is 0 Å². The van der Waals surface area contributed by atoms with Crippen molar-refractivity contribution in [1.29, 1.82) is 0 Å². The van der Waals surface area contributed by atoms with Crippen molar-refractivity contribution in [2.75, 3.05) is 31.1 Å². The van der Waals surface area contributed by atoms with Crippen molar-refractivity contribution in [3.63, 3.8) is 0 Å². The van der Waals surface area contributed by atoms with Gasteiger partial charge in [0.05, 0.1) is 58.3 Å². The normalized spacial score (nSPS) is 18.3. The van der Waals surface area contributed by atoms with Crippen LogP contribution >= 0.6 is 11.5 Å². The van der Waals surface area contributed by atoms with Crippen LogP contribution in [-0.2, 0) is 25.7 Å². The first kappa shape index (κ1) is 54.0. The van der Waals surface area contributed by atoms with Crippen molar-refractivity contribution in [3.8, 4) is 33.1 Å². The van der Waals surface area contributed by atoms with Gasteiger partial charge in [-0.25, -0.2) is 27.5 Å². The fourth-order valence-corrected chi connectivity index (χ4v) is 10.9. The van der Waals surface area contributed by atoms with E-state index >= 15 is 8.78 Å². The van der Waals surface area contributed by atoms with Crippen molar-refractivity contribution < 1.29 is 37.8 Å². The summed E-state index contributed by atoms with van der Waals surface area (Å²) in [7, 11) is 0. The molecule has 2 fully saturated rings. The number of Topliss-reactive ketones (excluding diaryl/α,β-unsaturated/α-hetero) is 1. The molecule has 8 rings (SSSR count). The lowest BCUT2D eigenvalue weighted by Gasteiger charge is -2.40. The number of piperazine rings is 1. The quantitative estimate of drug-likeness (QED) is 0.0797.